The molecule has 1 aromatic carbocycles. The second kappa shape index (κ2) is 6.93. The van der Waals surface area contributed by atoms with Crippen LogP contribution < -0.4 is 5.32 Å². The maximum absolute atomic E-state index is 10.7. The molecule has 1 aliphatic rings. The number of rotatable bonds is 5. The second-order valence-corrected chi connectivity index (χ2v) is 5.98. The number of anilines is 1. The summed E-state index contributed by atoms with van der Waals surface area (Å²) in [7, 11) is 0. The fourth-order valence-electron chi connectivity index (χ4n) is 2.98. The molecule has 0 heterocycles. The number of benzene rings is 1. The van der Waals surface area contributed by atoms with E-state index in [0.29, 0.717) is 6.04 Å². The van der Waals surface area contributed by atoms with Crippen LogP contribution >= 0.6 is 11.6 Å². The van der Waals surface area contributed by atoms with E-state index in [1.807, 2.05) is 0 Å². The van der Waals surface area contributed by atoms with Crippen LogP contribution in [0.1, 0.15) is 45.4 Å². The molecular formula is C15H21ClN2O2. The van der Waals surface area contributed by atoms with Crippen molar-refractivity contribution >= 4 is 23.0 Å². The molecule has 0 atom stereocenters. The molecule has 0 aliphatic heterocycles. The molecule has 1 fully saturated rings. The first-order valence-corrected chi connectivity index (χ1v) is 7.68. The molecule has 0 bridgehead atoms. The number of nitro benzene ring substituents is 1. The second-order valence-electron chi connectivity index (χ2n) is 5.57. The van der Waals surface area contributed by atoms with E-state index in [1.54, 1.807) is 12.1 Å². The normalized spacial score (nSPS) is 22.5. The predicted molar refractivity (Wildman–Crippen MR) is 82.4 cm³/mol. The minimum absolute atomic E-state index is 0.0381. The van der Waals surface area contributed by atoms with E-state index < -0.39 is 4.92 Å². The van der Waals surface area contributed by atoms with Gasteiger partial charge in [0.2, 0.25) is 0 Å². The Hall–Kier alpha value is -1.29. The number of nitrogens with zero attached hydrogens (tertiary/aromatic N) is 1. The third-order valence-electron chi connectivity index (χ3n) is 4.06. The average Bonchev–Trinajstić information content (AvgIpc) is 2.41. The Morgan fingerprint density at radius 3 is 2.60 bits per heavy atom. The van der Waals surface area contributed by atoms with Gasteiger partial charge in [0.25, 0.3) is 5.69 Å². The summed E-state index contributed by atoms with van der Waals surface area (Å²) in [5, 5.41) is 14.4. The largest absolute Gasteiger partial charge is 0.382 e. The molecule has 1 aromatic rings. The summed E-state index contributed by atoms with van der Waals surface area (Å²) in [4.78, 5) is 10.3. The SMILES string of the molecule is CCCC1CCC(Nc2ccc([N+](=O)[O-])c(Cl)c2)CC1. The molecule has 4 nitrogen and oxygen atoms in total. The first-order valence-electron chi connectivity index (χ1n) is 7.30. The van der Waals surface area contributed by atoms with E-state index >= 15 is 0 Å². The maximum Gasteiger partial charge on any atom is 0.288 e. The Balaban J connectivity index is 1.91. The molecule has 5 heteroatoms. The molecule has 1 N–H and O–H groups in total. The molecule has 0 aromatic heterocycles. The van der Waals surface area contributed by atoms with Gasteiger partial charge in [0, 0.05) is 17.8 Å². The van der Waals surface area contributed by atoms with Crippen LogP contribution in [0.5, 0.6) is 0 Å². The van der Waals surface area contributed by atoms with Crippen molar-refractivity contribution in [3.63, 3.8) is 0 Å². The molecule has 0 amide bonds. The molecular weight excluding hydrogens is 276 g/mol. The van der Waals surface area contributed by atoms with Gasteiger partial charge in [-0.05, 0) is 43.7 Å². The lowest BCUT2D eigenvalue weighted by atomic mass is 9.83. The highest BCUT2D eigenvalue weighted by Gasteiger charge is 2.21. The lowest BCUT2D eigenvalue weighted by molar-refractivity contribution is -0.384. The van der Waals surface area contributed by atoms with Crippen molar-refractivity contribution < 1.29 is 4.92 Å². The number of nitro groups is 1. The maximum atomic E-state index is 10.7. The molecule has 20 heavy (non-hydrogen) atoms. The van der Waals surface area contributed by atoms with E-state index in [0.717, 1.165) is 11.6 Å². The van der Waals surface area contributed by atoms with Crippen molar-refractivity contribution in [2.24, 2.45) is 5.92 Å². The third kappa shape index (κ3) is 3.85. The zero-order valence-electron chi connectivity index (χ0n) is 11.8. The van der Waals surface area contributed by atoms with Gasteiger partial charge in [-0.25, -0.2) is 0 Å². The molecule has 1 aliphatic carbocycles. The fourth-order valence-corrected chi connectivity index (χ4v) is 3.23. The summed E-state index contributed by atoms with van der Waals surface area (Å²) in [6, 6.07) is 5.31. The lowest BCUT2D eigenvalue weighted by Gasteiger charge is -2.29. The van der Waals surface area contributed by atoms with Crippen LogP contribution in [0.15, 0.2) is 18.2 Å². The van der Waals surface area contributed by atoms with Crippen LogP contribution in [0.2, 0.25) is 5.02 Å². The van der Waals surface area contributed by atoms with Crippen molar-refractivity contribution in [1.82, 2.24) is 0 Å². The van der Waals surface area contributed by atoms with Gasteiger partial charge >= 0.3 is 0 Å². The van der Waals surface area contributed by atoms with Gasteiger partial charge < -0.3 is 5.32 Å². The van der Waals surface area contributed by atoms with Crippen LogP contribution in [0.3, 0.4) is 0 Å². The van der Waals surface area contributed by atoms with Crippen LogP contribution in [-0.2, 0) is 0 Å². The summed E-state index contributed by atoms with van der Waals surface area (Å²) in [5.74, 6) is 0.874. The summed E-state index contributed by atoms with van der Waals surface area (Å²) in [5.41, 5.74) is 0.836. The van der Waals surface area contributed by atoms with Crippen molar-refractivity contribution in [2.75, 3.05) is 5.32 Å². The molecule has 0 saturated heterocycles. The van der Waals surface area contributed by atoms with E-state index in [-0.39, 0.29) is 10.7 Å². The molecule has 1 saturated carbocycles. The van der Waals surface area contributed by atoms with E-state index in [4.69, 9.17) is 11.6 Å². The Bertz CT molecular complexity index is 471. The van der Waals surface area contributed by atoms with E-state index in [9.17, 15) is 10.1 Å². The number of hydrogen-bond acceptors (Lipinski definition) is 3. The highest BCUT2D eigenvalue weighted by molar-refractivity contribution is 6.32. The molecule has 110 valence electrons. The van der Waals surface area contributed by atoms with E-state index in [2.05, 4.69) is 12.2 Å². The molecule has 2 rings (SSSR count). The van der Waals surface area contributed by atoms with Gasteiger partial charge in [0.1, 0.15) is 5.02 Å². The standard InChI is InChI=1S/C15H21ClN2O2/c1-2-3-11-4-6-12(7-5-11)17-13-8-9-15(18(19)20)14(16)10-13/h8-12,17H,2-7H2,1H3. The number of halogens is 1. The number of nitrogens with one attached hydrogen (secondary N) is 1. The Morgan fingerprint density at radius 1 is 1.35 bits per heavy atom. The zero-order valence-corrected chi connectivity index (χ0v) is 12.5. The van der Waals surface area contributed by atoms with Gasteiger partial charge in [0.15, 0.2) is 0 Å². The third-order valence-corrected chi connectivity index (χ3v) is 4.36. The Kier molecular flexibility index (Phi) is 5.24. The Labute approximate surface area is 124 Å². The fraction of sp³-hybridized carbons (Fsp3) is 0.600. The van der Waals surface area contributed by atoms with Crippen molar-refractivity contribution in [2.45, 2.75) is 51.5 Å². The van der Waals surface area contributed by atoms with Crippen LogP contribution in [0.4, 0.5) is 11.4 Å². The van der Waals surface area contributed by atoms with Gasteiger partial charge in [-0.15, -0.1) is 0 Å². The summed E-state index contributed by atoms with van der Waals surface area (Å²) in [6.07, 6.45) is 7.47. The predicted octanol–water partition coefficient (Wildman–Crippen LogP) is 5.02. The quantitative estimate of drug-likeness (QED) is 0.613. The first kappa shape index (κ1) is 15.1. The minimum atomic E-state index is -0.456. The van der Waals surface area contributed by atoms with E-state index in [1.165, 1.54) is 44.6 Å². The first-order chi connectivity index (χ1) is 9.60. The average molecular weight is 297 g/mol. The van der Waals surface area contributed by atoms with Gasteiger partial charge in [-0.1, -0.05) is 31.4 Å². The molecule has 0 radical (unpaired) electrons. The van der Waals surface area contributed by atoms with Crippen molar-refractivity contribution in [3.8, 4) is 0 Å². The van der Waals surface area contributed by atoms with Crippen molar-refractivity contribution in [1.29, 1.82) is 0 Å². The van der Waals surface area contributed by atoms with Gasteiger partial charge in [-0.2, -0.15) is 0 Å². The smallest absolute Gasteiger partial charge is 0.288 e. The molecule has 0 spiro atoms. The topological polar surface area (TPSA) is 55.2 Å². The van der Waals surface area contributed by atoms with Crippen LogP contribution in [-0.4, -0.2) is 11.0 Å². The summed E-state index contributed by atoms with van der Waals surface area (Å²) >= 11 is 5.92. The minimum Gasteiger partial charge on any atom is -0.382 e. The van der Waals surface area contributed by atoms with Gasteiger partial charge in [-0.3, -0.25) is 10.1 Å². The highest BCUT2D eigenvalue weighted by Crippen LogP contribution is 2.31. The van der Waals surface area contributed by atoms with Crippen molar-refractivity contribution in [3.05, 3.63) is 33.3 Å². The Morgan fingerprint density at radius 2 is 2.05 bits per heavy atom. The van der Waals surface area contributed by atoms with Crippen LogP contribution in [0.25, 0.3) is 0 Å². The van der Waals surface area contributed by atoms with Crippen LogP contribution in [0, 0.1) is 16.0 Å². The molecule has 0 unspecified atom stereocenters. The zero-order chi connectivity index (χ0) is 14.5. The number of hydrogen-bond donors (Lipinski definition) is 1. The highest BCUT2D eigenvalue weighted by atomic mass is 35.5. The lowest BCUT2D eigenvalue weighted by Crippen LogP contribution is -2.26. The summed E-state index contributed by atoms with van der Waals surface area (Å²) < 4.78 is 0. The summed E-state index contributed by atoms with van der Waals surface area (Å²) in [6.45, 7) is 2.24. The van der Waals surface area contributed by atoms with Gasteiger partial charge in [0.05, 0.1) is 4.92 Å². The monoisotopic (exact) mass is 296 g/mol.